The highest BCUT2D eigenvalue weighted by molar-refractivity contribution is 5.84. The minimum Gasteiger partial charge on any atom is -0.465 e. The third-order valence-electron chi connectivity index (χ3n) is 3.14. The summed E-state index contributed by atoms with van der Waals surface area (Å²) in [5, 5.41) is 10.8. The molecule has 2 amide bonds. The second kappa shape index (κ2) is 5.61. The number of primary amides is 1. The Balaban J connectivity index is 2.15. The maximum atomic E-state index is 11.3. The van der Waals surface area contributed by atoms with Gasteiger partial charge in [0, 0.05) is 25.8 Å². The molecule has 1 aliphatic heterocycles. The number of fused-ring (bicyclic) bond motifs is 1. The number of nitrogens with one attached hydrogen (secondary N) is 1. The van der Waals surface area contributed by atoms with Crippen LogP contribution in [0.25, 0.3) is 0 Å². The van der Waals surface area contributed by atoms with Gasteiger partial charge in [0.05, 0.1) is 6.61 Å². The zero-order chi connectivity index (χ0) is 15.6. The molecule has 114 valence electrons. The Hall–Kier alpha value is -2.28. The first-order valence-corrected chi connectivity index (χ1v) is 6.50. The Morgan fingerprint density at radius 2 is 2.19 bits per heavy atom. The van der Waals surface area contributed by atoms with Crippen LogP contribution in [-0.4, -0.2) is 28.9 Å². The van der Waals surface area contributed by atoms with Crippen LogP contribution in [0.3, 0.4) is 0 Å². The monoisotopic (exact) mass is 294 g/mol. The fraction of sp³-hybridized carbons (Fsp3) is 0.429. The first-order valence-electron chi connectivity index (χ1n) is 6.50. The van der Waals surface area contributed by atoms with E-state index in [9.17, 15) is 9.59 Å². The van der Waals surface area contributed by atoms with Gasteiger partial charge < -0.3 is 25.6 Å². The summed E-state index contributed by atoms with van der Waals surface area (Å²) in [5.41, 5.74) is 6.82. The molecule has 0 aromatic heterocycles. The van der Waals surface area contributed by atoms with Gasteiger partial charge in [0.1, 0.15) is 11.8 Å². The first-order chi connectivity index (χ1) is 9.77. The van der Waals surface area contributed by atoms with E-state index in [0.717, 1.165) is 16.9 Å². The number of carboxylic acid groups (broad SMARTS) is 1. The Kier molecular flexibility index (Phi) is 4.04. The average molecular weight is 294 g/mol. The molecule has 7 nitrogen and oxygen atoms in total. The van der Waals surface area contributed by atoms with Gasteiger partial charge in [-0.05, 0) is 17.7 Å². The lowest BCUT2D eigenvalue weighted by Gasteiger charge is -2.32. The maximum Gasteiger partial charge on any atom is 0.405 e. The molecule has 0 spiro atoms. The molecule has 0 aliphatic carbocycles. The zero-order valence-electron chi connectivity index (χ0n) is 11.9. The van der Waals surface area contributed by atoms with E-state index in [4.69, 9.17) is 20.3 Å². The summed E-state index contributed by atoms with van der Waals surface area (Å²) >= 11 is 0. The predicted octanol–water partition coefficient (Wildman–Crippen LogP) is 0.996. The minimum absolute atomic E-state index is 0.179. The summed E-state index contributed by atoms with van der Waals surface area (Å²) in [4.78, 5) is 21.9. The van der Waals surface area contributed by atoms with Crippen LogP contribution in [0.15, 0.2) is 18.2 Å². The summed E-state index contributed by atoms with van der Waals surface area (Å²) in [5.74, 6) is -0.671. The molecule has 2 rings (SSSR count). The number of hydrogen-bond acceptors (Lipinski definition) is 4. The van der Waals surface area contributed by atoms with E-state index in [-0.39, 0.29) is 6.42 Å². The molecule has 0 saturated heterocycles. The van der Waals surface area contributed by atoms with Crippen LogP contribution in [0.4, 0.5) is 4.79 Å². The molecule has 0 saturated carbocycles. The molecule has 0 fully saturated rings. The van der Waals surface area contributed by atoms with Crippen molar-refractivity contribution in [1.82, 2.24) is 5.32 Å². The number of ether oxygens (including phenoxy) is 2. The fourth-order valence-electron chi connectivity index (χ4n) is 2.13. The Bertz CT molecular complexity index is 570. The van der Waals surface area contributed by atoms with Crippen LogP contribution >= 0.6 is 0 Å². The summed E-state index contributed by atoms with van der Waals surface area (Å²) < 4.78 is 11.2. The van der Waals surface area contributed by atoms with E-state index in [1.807, 2.05) is 19.9 Å². The molecule has 0 bridgehead atoms. The molecule has 0 radical (unpaired) electrons. The molecule has 4 N–H and O–H groups in total. The molecule has 0 unspecified atom stereocenters. The van der Waals surface area contributed by atoms with E-state index in [1.165, 1.54) is 0 Å². The Morgan fingerprint density at radius 1 is 1.48 bits per heavy atom. The first kappa shape index (κ1) is 15.1. The summed E-state index contributed by atoms with van der Waals surface area (Å²) in [6, 6.07) is 4.42. The number of carbonyl (C=O) groups excluding carboxylic acids is 1. The van der Waals surface area contributed by atoms with Crippen molar-refractivity contribution in [2.24, 2.45) is 5.73 Å². The zero-order valence-corrected chi connectivity index (χ0v) is 11.9. The average Bonchev–Trinajstić information content (AvgIpc) is 2.37. The quantitative estimate of drug-likeness (QED) is 0.767. The number of nitrogens with two attached hydrogens (primary N) is 1. The lowest BCUT2D eigenvalue weighted by Crippen LogP contribution is -2.45. The van der Waals surface area contributed by atoms with E-state index in [2.05, 4.69) is 5.32 Å². The van der Waals surface area contributed by atoms with Crippen molar-refractivity contribution in [3.05, 3.63) is 29.3 Å². The normalized spacial score (nSPS) is 17.2. The van der Waals surface area contributed by atoms with Crippen LogP contribution in [-0.2, 0) is 22.6 Å². The van der Waals surface area contributed by atoms with Gasteiger partial charge in [-0.15, -0.1) is 0 Å². The molecular weight excluding hydrogens is 276 g/mol. The van der Waals surface area contributed by atoms with Gasteiger partial charge in [-0.3, -0.25) is 4.79 Å². The second-order valence-corrected chi connectivity index (χ2v) is 5.34. The van der Waals surface area contributed by atoms with E-state index in [1.54, 1.807) is 12.1 Å². The largest absolute Gasteiger partial charge is 0.465 e. The molecule has 1 heterocycles. The van der Waals surface area contributed by atoms with Crippen molar-refractivity contribution >= 4 is 12.0 Å². The van der Waals surface area contributed by atoms with E-state index in [0.29, 0.717) is 6.61 Å². The highest BCUT2D eigenvalue weighted by atomic mass is 16.7. The van der Waals surface area contributed by atoms with Gasteiger partial charge >= 0.3 is 6.09 Å². The smallest absolute Gasteiger partial charge is 0.405 e. The van der Waals surface area contributed by atoms with E-state index >= 15 is 0 Å². The third kappa shape index (κ3) is 3.85. The highest BCUT2D eigenvalue weighted by Gasteiger charge is 2.27. The second-order valence-electron chi connectivity index (χ2n) is 5.34. The number of rotatable bonds is 4. The number of hydrogen-bond donors (Lipinski definition) is 3. The molecule has 1 aliphatic rings. The summed E-state index contributed by atoms with van der Waals surface area (Å²) in [7, 11) is 0. The van der Waals surface area contributed by atoms with Crippen LogP contribution in [0.1, 0.15) is 25.0 Å². The topological polar surface area (TPSA) is 111 Å². The third-order valence-corrected chi connectivity index (χ3v) is 3.14. The van der Waals surface area contributed by atoms with Gasteiger partial charge in [-0.1, -0.05) is 6.07 Å². The van der Waals surface area contributed by atoms with Crippen molar-refractivity contribution in [3.8, 4) is 5.75 Å². The van der Waals surface area contributed by atoms with Crippen molar-refractivity contribution in [3.63, 3.8) is 0 Å². The molecule has 1 aromatic rings. The van der Waals surface area contributed by atoms with E-state index < -0.39 is 23.8 Å². The Labute approximate surface area is 122 Å². The number of carbonyl (C=O) groups is 2. The van der Waals surface area contributed by atoms with Crippen molar-refractivity contribution in [2.45, 2.75) is 38.7 Å². The van der Waals surface area contributed by atoms with Crippen LogP contribution in [0.2, 0.25) is 0 Å². The molecule has 1 aromatic carbocycles. The van der Waals surface area contributed by atoms with Crippen LogP contribution in [0, 0.1) is 0 Å². The molecular formula is C14H18N2O5. The van der Waals surface area contributed by atoms with Crippen molar-refractivity contribution < 1.29 is 24.2 Å². The van der Waals surface area contributed by atoms with Crippen molar-refractivity contribution in [1.29, 1.82) is 0 Å². The van der Waals surface area contributed by atoms with Gasteiger partial charge in [-0.2, -0.15) is 0 Å². The SMILES string of the molecule is CC1(C)OCc2cc(C[C@H](NC(=O)O)C(N)=O)ccc2O1. The summed E-state index contributed by atoms with van der Waals surface area (Å²) in [6.45, 7) is 4.04. The van der Waals surface area contributed by atoms with Crippen LogP contribution in [0.5, 0.6) is 5.75 Å². The standard InChI is InChI=1S/C14H18N2O5/c1-14(2)20-7-9-5-8(3-4-11(9)21-14)6-10(12(15)17)16-13(18)19/h3-5,10,16H,6-7H2,1-2H3,(H2,15,17)(H,18,19)/t10-/m0/s1. The van der Waals surface area contributed by atoms with Gasteiger partial charge in [0.25, 0.3) is 0 Å². The molecule has 1 atom stereocenters. The van der Waals surface area contributed by atoms with Crippen LogP contribution < -0.4 is 15.8 Å². The van der Waals surface area contributed by atoms with Gasteiger partial charge in [0.2, 0.25) is 11.7 Å². The lowest BCUT2D eigenvalue weighted by molar-refractivity contribution is -0.180. The fourth-order valence-corrected chi connectivity index (χ4v) is 2.13. The maximum absolute atomic E-state index is 11.3. The number of benzene rings is 1. The minimum atomic E-state index is -1.29. The number of amides is 2. The molecule has 7 heteroatoms. The lowest BCUT2D eigenvalue weighted by atomic mass is 10.0. The summed E-state index contributed by atoms with van der Waals surface area (Å²) in [6.07, 6.45) is -1.11. The Morgan fingerprint density at radius 3 is 2.81 bits per heavy atom. The van der Waals surface area contributed by atoms with Crippen molar-refractivity contribution in [2.75, 3.05) is 0 Å². The van der Waals surface area contributed by atoms with Gasteiger partial charge in [-0.25, -0.2) is 4.79 Å². The predicted molar refractivity (Wildman–Crippen MR) is 73.8 cm³/mol. The highest BCUT2D eigenvalue weighted by Crippen LogP contribution is 2.31. The van der Waals surface area contributed by atoms with Gasteiger partial charge in [0.15, 0.2) is 0 Å². The molecule has 21 heavy (non-hydrogen) atoms.